The molecule has 0 spiro atoms. The lowest BCUT2D eigenvalue weighted by atomic mass is 10.2. The summed E-state index contributed by atoms with van der Waals surface area (Å²) in [6.07, 6.45) is 4.88. The molecule has 1 aromatic rings. The van der Waals surface area contributed by atoms with Crippen molar-refractivity contribution >= 4 is 9.84 Å². The van der Waals surface area contributed by atoms with Gasteiger partial charge in [-0.3, -0.25) is 4.68 Å². The highest BCUT2D eigenvalue weighted by molar-refractivity contribution is 7.90. The summed E-state index contributed by atoms with van der Waals surface area (Å²) < 4.78 is 23.8. The molecule has 0 saturated carbocycles. The van der Waals surface area contributed by atoms with Crippen LogP contribution in [0.15, 0.2) is 18.5 Å². The Labute approximate surface area is 96.8 Å². The fourth-order valence-electron chi connectivity index (χ4n) is 1.39. The van der Waals surface area contributed by atoms with Gasteiger partial charge in [-0.25, -0.2) is 8.42 Å². The van der Waals surface area contributed by atoms with Gasteiger partial charge in [0, 0.05) is 31.2 Å². The minimum absolute atomic E-state index is 0.170. The van der Waals surface area contributed by atoms with Crippen LogP contribution in [0.25, 0.3) is 0 Å². The average Bonchev–Trinajstić information content (AvgIpc) is 2.67. The fraction of sp³-hybridized carbons (Fsp3) is 0.700. The van der Waals surface area contributed by atoms with E-state index in [-0.39, 0.29) is 17.8 Å². The van der Waals surface area contributed by atoms with Gasteiger partial charge >= 0.3 is 0 Å². The molecule has 1 N–H and O–H groups in total. The van der Waals surface area contributed by atoms with E-state index in [1.807, 2.05) is 30.8 Å². The number of nitrogens with zero attached hydrogens (tertiary/aromatic N) is 2. The number of nitrogens with one attached hydrogen (secondary N) is 1. The van der Waals surface area contributed by atoms with E-state index >= 15 is 0 Å². The predicted octanol–water partition coefficient (Wildman–Crippen LogP) is 0.467. The summed E-state index contributed by atoms with van der Waals surface area (Å²) in [4.78, 5) is 0. The minimum atomic E-state index is -2.88. The second-order valence-electron chi connectivity index (χ2n) is 4.10. The van der Waals surface area contributed by atoms with Gasteiger partial charge < -0.3 is 5.32 Å². The molecule has 1 heterocycles. The molecule has 0 aliphatic rings. The SMILES string of the molecule is CC(NCCS(C)(=O)=O)C(C)n1cccn1. The molecule has 16 heavy (non-hydrogen) atoms. The van der Waals surface area contributed by atoms with Crippen LogP contribution >= 0.6 is 0 Å². The smallest absolute Gasteiger partial charge is 0.148 e. The van der Waals surface area contributed by atoms with Crippen LogP contribution in [0.1, 0.15) is 19.9 Å². The van der Waals surface area contributed by atoms with Crippen molar-refractivity contribution in [3.63, 3.8) is 0 Å². The van der Waals surface area contributed by atoms with Crippen molar-refractivity contribution in [3.05, 3.63) is 18.5 Å². The van der Waals surface area contributed by atoms with Gasteiger partial charge in [-0.15, -0.1) is 0 Å². The third kappa shape index (κ3) is 4.32. The van der Waals surface area contributed by atoms with Crippen LogP contribution in [-0.4, -0.2) is 42.8 Å². The molecular formula is C10H19N3O2S. The lowest BCUT2D eigenvalue weighted by molar-refractivity contribution is 0.372. The third-order valence-corrected chi connectivity index (χ3v) is 3.55. The number of rotatable bonds is 6. The van der Waals surface area contributed by atoms with Crippen LogP contribution < -0.4 is 5.32 Å². The highest BCUT2D eigenvalue weighted by atomic mass is 32.2. The molecule has 92 valence electrons. The third-order valence-electron chi connectivity index (χ3n) is 2.60. The van der Waals surface area contributed by atoms with Gasteiger partial charge in [-0.2, -0.15) is 5.10 Å². The largest absolute Gasteiger partial charge is 0.311 e. The van der Waals surface area contributed by atoms with E-state index in [0.717, 1.165) is 0 Å². The number of hydrogen-bond acceptors (Lipinski definition) is 4. The van der Waals surface area contributed by atoms with Crippen LogP contribution in [0, 0.1) is 0 Å². The van der Waals surface area contributed by atoms with E-state index < -0.39 is 9.84 Å². The zero-order valence-corrected chi connectivity index (χ0v) is 10.7. The zero-order valence-electron chi connectivity index (χ0n) is 9.92. The van der Waals surface area contributed by atoms with Crippen molar-refractivity contribution in [2.75, 3.05) is 18.6 Å². The van der Waals surface area contributed by atoms with Crippen LogP contribution in [0.3, 0.4) is 0 Å². The molecule has 5 nitrogen and oxygen atoms in total. The van der Waals surface area contributed by atoms with Crippen molar-refractivity contribution in [2.45, 2.75) is 25.9 Å². The van der Waals surface area contributed by atoms with Crippen molar-refractivity contribution < 1.29 is 8.42 Å². The Morgan fingerprint density at radius 3 is 2.62 bits per heavy atom. The molecule has 0 saturated heterocycles. The van der Waals surface area contributed by atoms with E-state index in [1.54, 1.807) is 6.20 Å². The first-order valence-electron chi connectivity index (χ1n) is 5.30. The van der Waals surface area contributed by atoms with Crippen LogP contribution in [0.4, 0.5) is 0 Å². The molecule has 0 amide bonds. The molecule has 1 rings (SSSR count). The Morgan fingerprint density at radius 2 is 2.12 bits per heavy atom. The molecule has 0 aromatic carbocycles. The normalized spacial score (nSPS) is 15.9. The van der Waals surface area contributed by atoms with Crippen LogP contribution in [0.2, 0.25) is 0 Å². The van der Waals surface area contributed by atoms with Crippen molar-refractivity contribution in [3.8, 4) is 0 Å². The first-order valence-corrected chi connectivity index (χ1v) is 7.36. The van der Waals surface area contributed by atoms with E-state index in [9.17, 15) is 8.42 Å². The van der Waals surface area contributed by atoms with Crippen LogP contribution in [-0.2, 0) is 9.84 Å². The maximum absolute atomic E-state index is 11.0. The number of sulfone groups is 1. The second-order valence-corrected chi connectivity index (χ2v) is 6.36. The maximum atomic E-state index is 11.0. The van der Waals surface area contributed by atoms with Crippen molar-refractivity contribution in [2.24, 2.45) is 0 Å². The Kier molecular flexibility index (Phi) is 4.49. The summed E-state index contributed by atoms with van der Waals surface area (Å²) in [6.45, 7) is 4.55. The van der Waals surface area contributed by atoms with E-state index in [0.29, 0.717) is 6.54 Å². The topological polar surface area (TPSA) is 64.0 Å². The summed E-state index contributed by atoms with van der Waals surface area (Å²) in [5.74, 6) is 0.170. The van der Waals surface area contributed by atoms with E-state index in [1.165, 1.54) is 6.26 Å². The molecule has 2 unspecified atom stereocenters. The molecule has 0 aliphatic carbocycles. The van der Waals surface area contributed by atoms with Crippen molar-refractivity contribution in [1.82, 2.24) is 15.1 Å². The number of hydrogen-bond donors (Lipinski definition) is 1. The highest BCUT2D eigenvalue weighted by Crippen LogP contribution is 2.08. The summed E-state index contributed by atoms with van der Waals surface area (Å²) in [5, 5.41) is 7.34. The van der Waals surface area contributed by atoms with E-state index in [2.05, 4.69) is 10.4 Å². The lowest BCUT2D eigenvalue weighted by Crippen LogP contribution is -2.36. The van der Waals surface area contributed by atoms with Crippen molar-refractivity contribution in [1.29, 1.82) is 0 Å². The van der Waals surface area contributed by atoms with Gasteiger partial charge in [0.2, 0.25) is 0 Å². The Hall–Kier alpha value is -0.880. The van der Waals surface area contributed by atoms with Gasteiger partial charge in [0.05, 0.1) is 11.8 Å². The average molecular weight is 245 g/mol. The lowest BCUT2D eigenvalue weighted by Gasteiger charge is -2.21. The molecule has 6 heteroatoms. The summed E-state index contributed by atoms with van der Waals surface area (Å²) in [7, 11) is -2.88. The molecule has 0 radical (unpaired) electrons. The maximum Gasteiger partial charge on any atom is 0.148 e. The van der Waals surface area contributed by atoms with E-state index in [4.69, 9.17) is 0 Å². The fourth-order valence-corrected chi connectivity index (χ4v) is 1.88. The predicted molar refractivity (Wildman–Crippen MR) is 64.1 cm³/mol. The summed E-state index contributed by atoms with van der Waals surface area (Å²) >= 11 is 0. The second kappa shape index (κ2) is 5.45. The van der Waals surface area contributed by atoms with Gasteiger partial charge in [0.1, 0.15) is 9.84 Å². The number of aromatic nitrogens is 2. The van der Waals surface area contributed by atoms with Gasteiger partial charge in [-0.1, -0.05) is 0 Å². The molecule has 0 bridgehead atoms. The Morgan fingerprint density at radius 1 is 1.44 bits per heavy atom. The van der Waals surface area contributed by atoms with Gasteiger partial charge in [0.15, 0.2) is 0 Å². The quantitative estimate of drug-likeness (QED) is 0.791. The zero-order chi connectivity index (χ0) is 12.2. The minimum Gasteiger partial charge on any atom is -0.311 e. The van der Waals surface area contributed by atoms with Gasteiger partial charge in [0.25, 0.3) is 0 Å². The Bertz CT molecular complexity index is 400. The first-order chi connectivity index (χ1) is 7.40. The molecule has 2 atom stereocenters. The summed E-state index contributed by atoms with van der Waals surface area (Å²) in [6, 6.07) is 2.26. The standard InChI is InChI=1S/C10H19N3O2S/c1-9(11-6-8-16(3,14)15)10(2)13-7-4-5-12-13/h4-5,7,9-11H,6,8H2,1-3H3. The highest BCUT2D eigenvalue weighted by Gasteiger charge is 2.13. The summed E-state index contributed by atoms with van der Waals surface area (Å²) in [5.41, 5.74) is 0. The molecule has 0 aliphatic heterocycles. The van der Waals surface area contributed by atoms with Crippen LogP contribution in [0.5, 0.6) is 0 Å². The monoisotopic (exact) mass is 245 g/mol. The van der Waals surface area contributed by atoms with Gasteiger partial charge in [-0.05, 0) is 19.9 Å². The molecule has 0 fully saturated rings. The molecule has 1 aromatic heterocycles. The first kappa shape index (κ1) is 13.2. The molecular weight excluding hydrogens is 226 g/mol. The Balaban J connectivity index is 2.38.